The fourth-order valence-corrected chi connectivity index (χ4v) is 3.57. The van der Waals surface area contributed by atoms with Gasteiger partial charge in [-0.1, -0.05) is 18.6 Å². The number of halogens is 1. The Morgan fingerprint density at radius 1 is 1.36 bits per heavy atom. The Bertz CT molecular complexity index is 568. The first-order chi connectivity index (χ1) is 11.5. The molecule has 7 heteroatoms. The van der Waals surface area contributed by atoms with Crippen LogP contribution in [0.15, 0.2) is 11.6 Å². The predicted molar refractivity (Wildman–Crippen MR) is 92.2 cm³/mol. The summed E-state index contributed by atoms with van der Waals surface area (Å²) in [7, 11) is 0. The molecule has 0 saturated carbocycles. The summed E-state index contributed by atoms with van der Waals surface area (Å²) in [5.41, 5.74) is -0.876. The monoisotopic (exact) mass is 374 g/mol. The molecule has 0 aromatic rings. The smallest absolute Gasteiger partial charge is 0.404 e. The molecule has 2 rings (SSSR count). The largest absolute Gasteiger partial charge is 0.459 e. The van der Waals surface area contributed by atoms with Crippen LogP contribution >= 0.6 is 11.6 Å². The van der Waals surface area contributed by atoms with Gasteiger partial charge in [0.1, 0.15) is 23.7 Å². The summed E-state index contributed by atoms with van der Waals surface area (Å²) in [6.07, 6.45) is 0.620. The second-order valence-corrected chi connectivity index (χ2v) is 8.08. The lowest BCUT2D eigenvalue weighted by Crippen LogP contribution is -2.58. The van der Waals surface area contributed by atoms with Crippen molar-refractivity contribution < 1.29 is 28.5 Å². The lowest BCUT2D eigenvalue weighted by atomic mass is 9.71. The number of esters is 1. The van der Waals surface area contributed by atoms with Crippen LogP contribution in [0.2, 0.25) is 0 Å². The summed E-state index contributed by atoms with van der Waals surface area (Å²) in [6.45, 7) is 11.4. The number of allylic oxidation sites excluding steroid dienone is 2. The van der Waals surface area contributed by atoms with Crippen molar-refractivity contribution in [2.45, 2.75) is 72.1 Å². The van der Waals surface area contributed by atoms with E-state index >= 15 is 0 Å². The Morgan fingerprint density at radius 2 is 2.00 bits per heavy atom. The molecule has 5 atom stereocenters. The van der Waals surface area contributed by atoms with Crippen LogP contribution in [-0.4, -0.2) is 42.1 Å². The molecule has 0 radical (unpaired) electrons. The molecule has 0 aromatic heterocycles. The number of carbonyl (C=O) groups excluding carboxylic acids is 2. The summed E-state index contributed by atoms with van der Waals surface area (Å²) >= 11 is 5.48. The molecule has 0 spiro atoms. The van der Waals surface area contributed by atoms with E-state index in [1.807, 2.05) is 26.8 Å². The van der Waals surface area contributed by atoms with Gasteiger partial charge in [-0.05, 0) is 41.0 Å². The van der Waals surface area contributed by atoms with Gasteiger partial charge in [-0.15, -0.1) is 0 Å². The van der Waals surface area contributed by atoms with Crippen molar-refractivity contribution in [1.82, 2.24) is 0 Å². The molecule has 142 valence electrons. The van der Waals surface area contributed by atoms with E-state index in [0.717, 1.165) is 5.57 Å². The number of hydrogen-bond donors (Lipinski definition) is 0. The van der Waals surface area contributed by atoms with Crippen LogP contribution in [0, 0.1) is 11.3 Å². The number of cyclic esters (lactones) is 1. The highest BCUT2D eigenvalue weighted by molar-refractivity contribution is 6.61. The van der Waals surface area contributed by atoms with Crippen molar-refractivity contribution in [3.63, 3.8) is 0 Å². The van der Waals surface area contributed by atoms with E-state index in [1.54, 1.807) is 20.8 Å². The molecule has 2 fully saturated rings. The van der Waals surface area contributed by atoms with Crippen LogP contribution in [0.3, 0.4) is 0 Å². The molecule has 0 unspecified atom stereocenters. The van der Waals surface area contributed by atoms with Crippen LogP contribution in [0.25, 0.3) is 0 Å². The summed E-state index contributed by atoms with van der Waals surface area (Å²) < 4.78 is 22.5. The van der Waals surface area contributed by atoms with E-state index in [4.69, 9.17) is 30.5 Å². The van der Waals surface area contributed by atoms with Gasteiger partial charge in [-0.25, -0.2) is 4.79 Å². The minimum absolute atomic E-state index is 0.293. The van der Waals surface area contributed by atoms with Crippen molar-refractivity contribution in [3.05, 3.63) is 11.6 Å². The highest BCUT2D eigenvalue weighted by Gasteiger charge is 2.57. The number of ether oxygens (including phenoxy) is 4. The van der Waals surface area contributed by atoms with Gasteiger partial charge in [-0.3, -0.25) is 4.79 Å². The maximum absolute atomic E-state index is 12.8. The third kappa shape index (κ3) is 4.36. The van der Waals surface area contributed by atoms with E-state index in [0.29, 0.717) is 13.0 Å². The molecule has 0 amide bonds. The summed E-state index contributed by atoms with van der Waals surface area (Å²) in [5.74, 6) is -1.46. The van der Waals surface area contributed by atoms with Crippen molar-refractivity contribution in [3.8, 4) is 0 Å². The van der Waals surface area contributed by atoms with Crippen LogP contribution in [0.4, 0.5) is 4.79 Å². The summed E-state index contributed by atoms with van der Waals surface area (Å²) in [6, 6.07) is 0. The molecule has 6 nitrogen and oxygen atoms in total. The first kappa shape index (κ1) is 20.2. The molecule has 2 heterocycles. The first-order valence-corrected chi connectivity index (χ1v) is 8.86. The minimum atomic E-state index is -1.01. The normalized spacial score (nSPS) is 37.3. The van der Waals surface area contributed by atoms with Crippen LogP contribution in [0.1, 0.15) is 48.0 Å². The molecule has 25 heavy (non-hydrogen) atoms. The Hall–Kier alpha value is -1.11. The van der Waals surface area contributed by atoms with Gasteiger partial charge in [0.25, 0.3) is 0 Å². The zero-order valence-electron chi connectivity index (χ0n) is 15.6. The lowest BCUT2D eigenvalue weighted by molar-refractivity contribution is -0.213. The zero-order chi connectivity index (χ0) is 19.0. The van der Waals surface area contributed by atoms with Crippen LogP contribution < -0.4 is 0 Å². The summed E-state index contributed by atoms with van der Waals surface area (Å²) in [5, 5.41) is 0. The topological polar surface area (TPSA) is 71.1 Å². The Labute approximate surface area is 153 Å². The average Bonchev–Trinajstić information content (AvgIpc) is 2.85. The highest BCUT2D eigenvalue weighted by Crippen LogP contribution is 2.44. The predicted octanol–water partition coefficient (Wildman–Crippen LogP) is 3.81. The van der Waals surface area contributed by atoms with Crippen LogP contribution in [0.5, 0.6) is 0 Å². The van der Waals surface area contributed by atoms with Gasteiger partial charge in [0.15, 0.2) is 5.79 Å². The van der Waals surface area contributed by atoms with Gasteiger partial charge in [0.05, 0.1) is 6.61 Å². The lowest BCUT2D eigenvalue weighted by Gasteiger charge is -2.46. The van der Waals surface area contributed by atoms with Crippen molar-refractivity contribution in [2.75, 3.05) is 6.61 Å². The maximum atomic E-state index is 12.8. The van der Waals surface area contributed by atoms with Crippen molar-refractivity contribution in [1.29, 1.82) is 0 Å². The molecule has 2 saturated heterocycles. The first-order valence-electron chi connectivity index (χ1n) is 8.48. The average molecular weight is 375 g/mol. The fraction of sp³-hybridized carbons (Fsp3) is 0.778. The number of hydrogen-bond acceptors (Lipinski definition) is 6. The van der Waals surface area contributed by atoms with Gasteiger partial charge in [0.2, 0.25) is 0 Å². The van der Waals surface area contributed by atoms with Gasteiger partial charge in [-0.2, -0.15) is 0 Å². The van der Waals surface area contributed by atoms with Gasteiger partial charge in [0, 0.05) is 17.5 Å². The maximum Gasteiger partial charge on any atom is 0.404 e. The number of carbonyl (C=O) groups is 2. The molecule has 0 aromatic carbocycles. The molecule has 2 aliphatic rings. The Morgan fingerprint density at radius 3 is 2.48 bits per heavy atom. The zero-order valence-corrected chi connectivity index (χ0v) is 16.4. The SMILES string of the molecule is CC(C)=CC[C@]1(C)C(=O)O[C@H]([C@H]2COC(C)(C)O2)[C@@H](C)[C@@H]1OC(=O)Cl. The fourth-order valence-electron chi connectivity index (χ4n) is 3.48. The number of rotatable bonds is 4. The van der Waals surface area contributed by atoms with E-state index in [9.17, 15) is 9.59 Å². The summed E-state index contributed by atoms with van der Waals surface area (Å²) in [4.78, 5) is 24.3. The van der Waals surface area contributed by atoms with E-state index < -0.39 is 40.9 Å². The standard InChI is InChI=1S/C18H27ClO6/c1-10(2)7-8-18(6)14(24-16(19)21)11(3)13(23-15(18)20)12-9-22-17(4,5)25-12/h7,11-14H,8-9H2,1-6H3/t11-,12-,13+,14+,18+/m1/s1. The molecule has 0 aliphatic carbocycles. The molecular weight excluding hydrogens is 348 g/mol. The van der Waals surface area contributed by atoms with Crippen molar-refractivity contribution >= 4 is 23.0 Å². The Kier molecular flexibility index (Phi) is 5.86. The van der Waals surface area contributed by atoms with Crippen LogP contribution in [-0.2, 0) is 23.7 Å². The molecule has 0 bridgehead atoms. The second kappa shape index (κ2) is 7.25. The molecular formula is C18H27ClO6. The van der Waals surface area contributed by atoms with Gasteiger partial charge >= 0.3 is 11.4 Å². The Balaban J connectivity index is 2.29. The van der Waals surface area contributed by atoms with E-state index in [2.05, 4.69) is 0 Å². The third-order valence-electron chi connectivity index (χ3n) is 4.88. The van der Waals surface area contributed by atoms with E-state index in [-0.39, 0.29) is 5.92 Å². The van der Waals surface area contributed by atoms with Gasteiger partial charge < -0.3 is 18.9 Å². The van der Waals surface area contributed by atoms with E-state index in [1.165, 1.54) is 0 Å². The second-order valence-electron chi connectivity index (χ2n) is 7.78. The molecule has 0 N–H and O–H groups in total. The quantitative estimate of drug-likeness (QED) is 0.423. The highest BCUT2D eigenvalue weighted by atomic mass is 35.5. The molecule has 2 aliphatic heterocycles. The third-order valence-corrected chi connectivity index (χ3v) is 4.97. The van der Waals surface area contributed by atoms with Crippen molar-refractivity contribution in [2.24, 2.45) is 11.3 Å². The minimum Gasteiger partial charge on any atom is -0.459 e.